The van der Waals surface area contributed by atoms with Gasteiger partial charge in [-0.1, -0.05) is 13.0 Å². The number of hydrogen-bond donors (Lipinski definition) is 0. The molecule has 0 aromatic heterocycles. The summed E-state index contributed by atoms with van der Waals surface area (Å²) in [6.45, 7) is 4.16. The summed E-state index contributed by atoms with van der Waals surface area (Å²) in [7, 11) is -0.113. The second-order valence-corrected chi connectivity index (χ2v) is 16.1. The first kappa shape index (κ1) is 15.1. The Balaban J connectivity index is 0. The van der Waals surface area contributed by atoms with E-state index in [1.165, 1.54) is 6.04 Å². The highest BCUT2D eigenvalue weighted by Crippen LogP contribution is 2.10. The van der Waals surface area contributed by atoms with E-state index in [1.54, 1.807) is 0 Å². The monoisotopic (exact) mass is 270 g/mol. The summed E-state index contributed by atoms with van der Waals surface area (Å²) in [6.07, 6.45) is 0. The van der Waals surface area contributed by atoms with Gasteiger partial charge < -0.3 is 0 Å². The highest BCUT2D eigenvalue weighted by atomic mass is 35.7. The SMILES string of the molecule is CC[SiH2]C(Cl)Cl.C[Si](C)(Cl)Cl. The molecule has 0 rings (SSSR count). The summed E-state index contributed by atoms with van der Waals surface area (Å²) in [5.74, 6) is 0. The van der Waals surface area contributed by atoms with E-state index in [0.29, 0.717) is 0 Å². The van der Waals surface area contributed by atoms with Crippen LogP contribution in [0.2, 0.25) is 19.1 Å². The zero-order valence-electron chi connectivity index (χ0n) is 7.00. The molecule has 0 heterocycles. The van der Waals surface area contributed by atoms with Gasteiger partial charge in [-0.05, 0) is 13.1 Å². The van der Waals surface area contributed by atoms with Gasteiger partial charge >= 0.3 is 0 Å². The summed E-state index contributed by atoms with van der Waals surface area (Å²) in [4.78, 5) is 0. The van der Waals surface area contributed by atoms with Crippen LogP contribution in [0.3, 0.4) is 0 Å². The van der Waals surface area contributed by atoms with Crippen LogP contribution in [0, 0.1) is 0 Å². The second-order valence-electron chi connectivity index (χ2n) is 2.51. The molecule has 0 unspecified atom stereocenters. The molecule has 0 saturated carbocycles. The molecular weight excluding hydrogens is 258 g/mol. The van der Waals surface area contributed by atoms with E-state index < -0.39 is 6.69 Å². The highest BCUT2D eigenvalue weighted by Gasteiger charge is 2.08. The fraction of sp³-hybridized carbons (Fsp3) is 1.00. The Kier molecular flexibility index (Phi) is 11.2. The van der Waals surface area contributed by atoms with E-state index in [1.807, 2.05) is 13.1 Å². The topological polar surface area (TPSA) is 0 Å². The minimum Gasteiger partial charge on any atom is -0.146 e. The van der Waals surface area contributed by atoms with Crippen LogP contribution in [-0.2, 0) is 0 Å². The van der Waals surface area contributed by atoms with Gasteiger partial charge in [0.05, 0.1) is 14.0 Å². The van der Waals surface area contributed by atoms with Crippen LogP contribution in [0.5, 0.6) is 0 Å². The van der Waals surface area contributed by atoms with Crippen LogP contribution in [0.1, 0.15) is 6.92 Å². The van der Waals surface area contributed by atoms with Crippen molar-refractivity contribution in [2.75, 3.05) is 0 Å². The smallest absolute Gasteiger partial charge is 0.146 e. The molecule has 0 aliphatic rings. The number of alkyl halides is 2. The lowest BCUT2D eigenvalue weighted by Gasteiger charge is -1.93. The number of hydrogen-bond acceptors (Lipinski definition) is 0. The molecule has 0 atom stereocenters. The first-order chi connectivity index (χ1) is 4.77. The molecule has 70 valence electrons. The average molecular weight is 272 g/mol. The van der Waals surface area contributed by atoms with Crippen molar-refractivity contribution >= 4 is 61.6 Å². The Bertz CT molecular complexity index is 75.0. The summed E-state index contributed by atoms with van der Waals surface area (Å²) in [6, 6.07) is 1.21. The molecule has 0 aromatic carbocycles. The van der Waals surface area contributed by atoms with Crippen molar-refractivity contribution in [2.45, 2.75) is 30.5 Å². The average Bonchev–Trinajstić information content (AvgIpc) is 1.58. The van der Waals surface area contributed by atoms with Crippen LogP contribution in [0.4, 0.5) is 0 Å². The Morgan fingerprint density at radius 2 is 1.55 bits per heavy atom. The molecule has 0 aromatic rings. The van der Waals surface area contributed by atoms with Crippen LogP contribution in [0.15, 0.2) is 0 Å². The van der Waals surface area contributed by atoms with Gasteiger partial charge in [-0.25, -0.2) is 0 Å². The molecule has 0 bridgehead atoms. The molecule has 0 saturated heterocycles. The van der Waals surface area contributed by atoms with Crippen LogP contribution < -0.4 is 0 Å². The quantitative estimate of drug-likeness (QED) is 0.410. The number of halogens is 4. The minimum atomic E-state index is -1.67. The van der Waals surface area contributed by atoms with E-state index in [-0.39, 0.29) is 14.0 Å². The summed E-state index contributed by atoms with van der Waals surface area (Å²) in [5.41, 5.74) is 0. The van der Waals surface area contributed by atoms with Crippen molar-refractivity contribution in [3.05, 3.63) is 0 Å². The zero-order chi connectivity index (χ0) is 9.49. The van der Waals surface area contributed by atoms with Crippen molar-refractivity contribution in [1.29, 1.82) is 0 Å². The highest BCUT2D eigenvalue weighted by molar-refractivity contribution is 7.44. The lowest BCUT2D eigenvalue weighted by Crippen LogP contribution is -2.02. The van der Waals surface area contributed by atoms with Gasteiger partial charge in [0, 0.05) is 0 Å². The van der Waals surface area contributed by atoms with Gasteiger partial charge in [-0.3, -0.25) is 0 Å². The molecule has 0 nitrogen and oxygen atoms in total. The van der Waals surface area contributed by atoms with E-state index >= 15 is 0 Å². The van der Waals surface area contributed by atoms with E-state index in [4.69, 9.17) is 45.4 Å². The van der Waals surface area contributed by atoms with Crippen molar-refractivity contribution in [2.24, 2.45) is 0 Å². The summed E-state index contributed by atoms with van der Waals surface area (Å²) < 4.78 is -0.0185. The largest absolute Gasteiger partial charge is 0.245 e. The Morgan fingerprint density at radius 3 is 1.55 bits per heavy atom. The lowest BCUT2D eigenvalue weighted by molar-refractivity contribution is 1.44. The molecular formula is C5H14Cl4Si2. The molecule has 0 fully saturated rings. The molecule has 0 aliphatic heterocycles. The Labute approximate surface area is 91.8 Å². The van der Waals surface area contributed by atoms with Crippen molar-refractivity contribution in [3.63, 3.8) is 0 Å². The Morgan fingerprint density at radius 1 is 1.27 bits per heavy atom. The van der Waals surface area contributed by atoms with Gasteiger partial charge in [-0.15, -0.1) is 45.4 Å². The third-order valence-corrected chi connectivity index (χ3v) is 2.83. The maximum absolute atomic E-state index is 5.43. The van der Waals surface area contributed by atoms with E-state index in [2.05, 4.69) is 6.92 Å². The van der Waals surface area contributed by atoms with Crippen molar-refractivity contribution in [3.8, 4) is 0 Å². The van der Waals surface area contributed by atoms with Crippen LogP contribution in [0.25, 0.3) is 0 Å². The maximum atomic E-state index is 5.43. The lowest BCUT2D eigenvalue weighted by atomic mass is 11.0. The van der Waals surface area contributed by atoms with Crippen molar-refractivity contribution in [1.82, 2.24) is 0 Å². The summed E-state index contributed by atoms with van der Waals surface area (Å²) in [5, 5.41) is 0. The van der Waals surface area contributed by atoms with E-state index in [9.17, 15) is 0 Å². The number of rotatable bonds is 2. The molecule has 11 heavy (non-hydrogen) atoms. The molecule has 0 aliphatic carbocycles. The molecule has 0 radical (unpaired) electrons. The van der Waals surface area contributed by atoms with Crippen LogP contribution >= 0.6 is 45.4 Å². The zero-order valence-corrected chi connectivity index (χ0v) is 12.4. The third-order valence-electron chi connectivity index (χ3n) is 0.507. The van der Waals surface area contributed by atoms with Gasteiger partial charge in [0.1, 0.15) is 0 Å². The fourth-order valence-electron chi connectivity index (χ4n) is 0.218. The molecule has 0 amide bonds. The first-order valence-electron chi connectivity index (χ1n) is 3.43. The van der Waals surface area contributed by atoms with Gasteiger partial charge in [0.15, 0.2) is 0 Å². The standard InChI is InChI=1S/C3H8Cl2Si.C2H6Cl2Si/c1-2-6-3(4)5;1-5(2,3)4/h3H,2,6H2,1H3;1-2H3. The van der Waals surface area contributed by atoms with Gasteiger partial charge in [0.25, 0.3) is 0 Å². The normalized spacial score (nSPS) is 12.0. The van der Waals surface area contributed by atoms with Crippen molar-refractivity contribution < 1.29 is 0 Å². The maximum Gasteiger partial charge on any atom is 0.245 e. The molecule has 0 spiro atoms. The van der Waals surface area contributed by atoms with Gasteiger partial charge in [0.2, 0.25) is 6.69 Å². The Hall–Kier alpha value is 1.59. The third kappa shape index (κ3) is 50.6. The minimum absolute atomic E-state index is 0.0185. The van der Waals surface area contributed by atoms with Crippen LogP contribution in [-0.4, -0.2) is 20.7 Å². The van der Waals surface area contributed by atoms with Gasteiger partial charge in [-0.2, -0.15) is 0 Å². The predicted octanol–water partition coefficient (Wildman–Crippen LogP) is 3.52. The van der Waals surface area contributed by atoms with E-state index in [0.717, 1.165) is 0 Å². The predicted molar refractivity (Wildman–Crippen MR) is 63.7 cm³/mol. The molecule has 0 N–H and O–H groups in total. The summed E-state index contributed by atoms with van der Waals surface area (Å²) >= 11 is 21.7. The second kappa shape index (κ2) is 8.20. The first-order valence-corrected chi connectivity index (χ1v) is 11.1. The molecule has 6 heteroatoms. The fourth-order valence-corrected chi connectivity index (χ4v) is 1.96.